The van der Waals surface area contributed by atoms with Crippen molar-refractivity contribution in [2.24, 2.45) is 0 Å². The largest absolute Gasteiger partial charge is 0.507 e. The summed E-state index contributed by atoms with van der Waals surface area (Å²) >= 11 is 3.29. The van der Waals surface area contributed by atoms with E-state index >= 15 is 0 Å². The minimum absolute atomic E-state index is 0.00499. The van der Waals surface area contributed by atoms with Crippen LogP contribution in [0.25, 0.3) is 0 Å². The number of halogens is 1. The van der Waals surface area contributed by atoms with Gasteiger partial charge >= 0.3 is 0 Å². The Hall–Kier alpha value is -2.01. The molecule has 0 heterocycles. The summed E-state index contributed by atoms with van der Waals surface area (Å²) in [7, 11) is 0. The highest BCUT2D eigenvalue weighted by Gasteiger charge is 2.02. The van der Waals surface area contributed by atoms with Crippen LogP contribution in [0.5, 0.6) is 5.75 Å². The van der Waals surface area contributed by atoms with E-state index in [2.05, 4.69) is 26.6 Å². The molecule has 4 nitrogen and oxygen atoms in total. The van der Waals surface area contributed by atoms with Crippen LogP contribution in [0, 0.1) is 0 Å². The van der Waals surface area contributed by atoms with Crippen LogP contribution in [0.1, 0.15) is 18.9 Å². The fraction of sp³-hybridized carbons (Fsp3) is 0.188. The van der Waals surface area contributed by atoms with Crippen LogP contribution in [-0.2, 0) is 11.3 Å². The van der Waals surface area contributed by atoms with Crippen molar-refractivity contribution < 1.29 is 9.90 Å². The number of aromatic hydroxyl groups is 1. The number of rotatable bonds is 5. The molecule has 0 aliphatic heterocycles. The van der Waals surface area contributed by atoms with E-state index in [-0.39, 0.29) is 11.7 Å². The Morgan fingerprint density at radius 3 is 2.67 bits per heavy atom. The molecule has 0 fully saturated rings. The van der Waals surface area contributed by atoms with E-state index in [1.807, 2.05) is 43.3 Å². The van der Waals surface area contributed by atoms with Crippen LogP contribution in [0.15, 0.2) is 46.9 Å². The van der Waals surface area contributed by atoms with Crippen LogP contribution in [-0.4, -0.2) is 11.0 Å². The average Bonchev–Trinajstić information content (AvgIpc) is 2.49. The van der Waals surface area contributed by atoms with E-state index in [1.54, 1.807) is 6.07 Å². The predicted molar refractivity (Wildman–Crippen MR) is 88.5 cm³/mol. The molecule has 0 aliphatic carbocycles. The SMILES string of the molecule is CCC(=O)Nc1cccc(NCc2ccc(O)c(Br)c2)c1. The zero-order chi connectivity index (χ0) is 15.2. The molecule has 0 spiro atoms. The maximum Gasteiger partial charge on any atom is 0.224 e. The molecule has 21 heavy (non-hydrogen) atoms. The normalized spacial score (nSPS) is 10.2. The number of benzene rings is 2. The van der Waals surface area contributed by atoms with E-state index in [0.717, 1.165) is 16.9 Å². The predicted octanol–water partition coefficient (Wildman–Crippen LogP) is 4.12. The van der Waals surface area contributed by atoms with Gasteiger partial charge in [-0.15, -0.1) is 0 Å². The molecular formula is C16H17BrN2O2. The molecule has 0 aromatic heterocycles. The lowest BCUT2D eigenvalue weighted by Crippen LogP contribution is -2.09. The monoisotopic (exact) mass is 348 g/mol. The van der Waals surface area contributed by atoms with Gasteiger partial charge in [0.05, 0.1) is 4.47 Å². The van der Waals surface area contributed by atoms with Gasteiger partial charge in [-0.3, -0.25) is 4.79 Å². The van der Waals surface area contributed by atoms with Gasteiger partial charge in [0.25, 0.3) is 0 Å². The van der Waals surface area contributed by atoms with Crippen molar-refractivity contribution in [3.63, 3.8) is 0 Å². The first-order chi connectivity index (χ1) is 10.1. The lowest BCUT2D eigenvalue weighted by atomic mass is 10.2. The van der Waals surface area contributed by atoms with Crippen LogP contribution in [0.4, 0.5) is 11.4 Å². The third-order valence-corrected chi connectivity index (χ3v) is 3.61. The van der Waals surface area contributed by atoms with Crippen LogP contribution < -0.4 is 10.6 Å². The first kappa shape index (κ1) is 15.4. The first-order valence-electron chi connectivity index (χ1n) is 6.69. The molecule has 5 heteroatoms. The van der Waals surface area contributed by atoms with Gasteiger partial charge in [-0.05, 0) is 51.8 Å². The lowest BCUT2D eigenvalue weighted by Gasteiger charge is -2.10. The number of carbonyl (C=O) groups is 1. The highest BCUT2D eigenvalue weighted by molar-refractivity contribution is 9.10. The summed E-state index contributed by atoms with van der Waals surface area (Å²) in [5, 5.41) is 15.6. The fourth-order valence-corrected chi connectivity index (χ4v) is 2.25. The molecule has 2 aromatic rings. The Morgan fingerprint density at radius 1 is 1.19 bits per heavy atom. The molecular weight excluding hydrogens is 332 g/mol. The second-order valence-electron chi connectivity index (χ2n) is 4.62. The van der Waals surface area contributed by atoms with Gasteiger partial charge in [-0.25, -0.2) is 0 Å². The number of hydrogen-bond acceptors (Lipinski definition) is 3. The second kappa shape index (κ2) is 7.13. The average molecular weight is 349 g/mol. The molecule has 3 N–H and O–H groups in total. The second-order valence-corrected chi connectivity index (χ2v) is 5.48. The van der Waals surface area contributed by atoms with Crippen molar-refractivity contribution in [2.45, 2.75) is 19.9 Å². The Kier molecular flexibility index (Phi) is 5.22. The van der Waals surface area contributed by atoms with Gasteiger partial charge in [0.2, 0.25) is 5.91 Å². The van der Waals surface area contributed by atoms with Crippen LogP contribution in [0.2, 0.25) is 0 Å². The molecule has 0 bridgehead atoms. The Labute approximate surface area is 132 Å². The van der Waals surface area contributed by atoms with E-state index in [0.29, 0.717) is 17.4 Å². The van der Waals surface area contributed by atoms with Crippen LogP contribution in [0.3, 0.4) is 0 Å². The number of phenolic OH excluding ortho intramolecular Hbond substituents is 1. The first-order valence-corrected chi connectivity index (χ1v) is 7.49. The molecule has 2 aromatic carbocycles. The maximum absolute atomic E-state index is 11.4. The summed E-state index contributed by atoms with van der Waals surface area (Å²) < 4.78 is 0.672. The molecule has 0 saturated heterocycles. The van der Waals surface area contributed by atoms with E-state index in [9.17, 15) is 9.90 Å². The van der Waals surface area contributed by atoms with Crippen molar-refractivity contribution in [2.75, 3.05) is 10.6 Å². The Balaban J connectivity index is 2.01. The van der Waals surface area contributed by atoms with Gasteiger partial charge in [0.1, 0.15) is 5.75 Å². The lowest BCUT2D eigenvalue weighted by molar-refractivity contribution is -0.115. The smallest absolute Gasteiger partial charge is 0.224 e. The number of amides is 1. The number of phenols is 1. The molecule has 0 atom stereocenters. The van der Waals surface area contributed by atoms with Crippen molar-refractivity contribution in [1.82, 2.24) is 0 Å². The molecule has 110 valence electrons. The summed E-state index contributed by atoms with van der Waals surface area (Å²) in [5.74, 6) is 0.220. The number of hydrogen-bond donors (Lipinski definition) is 3. The molecule has 0 saturated carbocycles. The topological polar surface area (TPSA) is 61.4 Å². The van der Waals surface area contributed by atoms with Crippen LogP contribution >= 0.6 is 15.9 Å². The quantitative estimate of drug-likeness (QED) is 0.761. The third kappa shape index (κ3) is 4.49. The minimum Gasteiger partial charge on any atom is -0.507 e. The van der Waals surface area contributed by atoms with E-state index in [4.69, 9.17) is 0 Å². The molecule has 0 aliphatic rings. The standard InChI is InChI=1S/C16H17BrN2O2/c1-2-16(21)19-13-5-3-4-12(9-13)18-10-11-6-7-15(20)14(17)8-11/h3-9,18,20H,2,10H2,1H3,(H,19,21). The zero-order valence-electron chi connectivity index (χ0n) is 11.7. The van der Waals surface area contributed by atoms with Gasteiger partial charge in [-0.2, -0.15) is 0 Å². The molecule has 1 amide bonds. The summed E-state index contributed by atoms with van der Waals surface area (Å²) in [6, 6.07) is 13.0. The van der Waals surface area contributed by atoms with E-state index in [1.165, 1.54) is 0 Å². The van der Waals surface area contributed by atoms with E-state index < -0.39 is 0 Å². The molecule has 2 rings (SSSR count). The highest BCUT2D eigenvalue weighted by atomic mass is 79.9. The Bertz CT molecular complexity index is 644. The number of nitrogens with one attached hydrogen (secondary N) is 2. The maximum atomic E-state index is 11.4. The van der Waals surface area contributed by atoms with Gasteiger partial charge < -0.3 is 15.7 Å². The highest BCUT2D eigenvalue weighted by Crippen LogP contribution is 2.25. The van der Waals surface area contributed by atoms with Crippen molar-refractivity contribution in [3.05, 3.63) is 52.5 Å². The van der Waals surface area contributed by atoms with Gasteiger partial charge in [-0.1, -0.05) is 19.1 Å². The van der Waals surface area contributed by atoms with Crippen molar-refractivity contribution in [3.8, 4) is 5.75 Å². The minimum atomic E-state index is -0.00499. The molecule has 0 radical (unpaired) electrons. The summed E-state index contributed by atoms with van der Waals surface area (Å²) in [4.78, 5) is 11.4. The van der Waals surface area contributed by atoms with Crippen molar-refractivity contribution in [1.29, 1.82) is 0 Å². The van der Waals surface area contributed by atoms with Gasteiger partial charge in [0, 0.05) is 24.3 Å². The fourth-order valence-electron chi connectivity index (χ4n) is 1.82. The number of carbonyl (C=O) groups excluding carboxylic acids is 1. The number of anilines is 2. The summed E-state index contributed by atoms with van der Waals surface area (Å²) in [6.45, 7) is 2.45. The molecule has 0 unspecified atom stereocenters. The zero-order valence-corrected chi connectivity index (χ0v) is 13.3. The van der Waals surface area contributed by atoms with Gasteiger partial charge in [0.15, 0.2) is 0 Å². The summed E-state index contributed by atoms with van der Waals surface area (Å²) in [5.41, 5.74) is 2.74. The van der Waals surface area contributed by atoms with Crippen molar-refractivity contribution >= 4 is 33.2 Å². The Morgan fingerprint density at radius 2 is 1.95 bits per heavy atom. The summed E-state index contributed by atoms with van der Waals surface area (Å²) in [6.07, 6.45) is 0.458. The third-order valence-electron chi connectivity index (χ3n) is 2.98.